The minimum atomic E-state index is -0.652. The summed E-state index contributed by atoms with van der Waals surface area (Å²) in [4.78, 5) is 15.5. The molecule has 0 aromatic carbocycles. The zero-order valence-corrected chi connectivity index (χ0v) is 11.4. The zero-order valence-electron chi connectivity index (χ0n) is 10.6. The number of rotatable bonds is 4. The second kappa shape index (κ2) is 5.74. The summed E-state index contributed by atoms with van der Waals surface area (Å²) in [5, 5.41) is 15.6. The number of esters is 1. The Hall–Kier alpha value is -2.03. The van der Waals surface area contributed by atoms with Crippen LogP contribution >= 0.6 is 11.8 Å². The lowest BCUT2D eigenvalue weighted by Crippen LogP contribution is -2.04. The number of carbonyl (C=O) groups is 1. The van der Waals surface area contributed by atoms with Gasteiger partial charge in [-0.3, -0.25) is 0 Å². The molecule has 100 valence electrons. The van der Waals surface area contributed by atoms with Crippen LogP contribution in [0.25, 0.3) is 0 Å². The molecule has 0 saturated heterocycles. The minimum Gasteiger partial charge on any atom is -0.459 e. The van der Waals surface area contributed by atoms with Crippen LogP contribution < -0.4 is 0 Å². The summed E-state index contributed by atoms with van der Waals surface area (Å²) in [5.74, 6) is -0.845. The highest BCUT2D eigenvalue weighted by molar-refractivity contribution is 7.98. The summed E-state index contributed by atoms with van der Waals surface area (Å²) in [6, 6.07) is 0. The van der Waals surface area contributed by atoms with Crippen molar-refractivity contribution in [1.29, 1.82) is 0 Å². The summed E-state index contributed by atoms with van der Waals surface area (Å²) in [6.07, 6.45) is 0. The maximum absolute atomic E-state index is 11.3. The predicted octanol–water partition coefficient (Wildman–Crippen LogP) is 1.20. The van der Waals surface area contributed by atoms with Gasteiger partial charge in [-0.2, -0.15) is 5.10 Å². The van der Waals surface area contributed by atoms with Gasteiger partial charge in [-0.05, 0) is 20.8 Å². The smallest absolute Gasteiger partial charge is 0.396 e. The Morgan fingerprint density at radius 3 is 2.68 bits per heavy atom. The quantitative estimate of drug-likeness (QED) is 0.764. The average Bonchev–Trinajstić information content (AvgIpc) is 2.83. The van der Waals surface area contributed by atoms with Crippen LogP contribution in [0.15, 0.2) is 14.8 Å². The molecule has 0 saturated carbocycles. The standard InChI is InChI=1S/C10H11N5O3S/c1-4-17-8(16)7-13-15-10(18-7)19-9-11-5(2)6(3)12-14-9/h4H2,1-3H3. The van der Waals surface area contributed by atoms with Gasteiger partial charge in [-0.15, -0.1) is 10.2 Å². The second-order valence-corrected chi connectivity index (χ2v) is 4.38. The maximum Gasteiger partial charge on any atom is 0.396 e. The lowest BCUT2D eigenvalue weighted by molar-refractivity contribution is 0.0475. The normalized spacial score (nSPS) is 10.5. The summed E-state index contributed by atoms with van der Waals surface area (Å²) in [5.41, 5.74) is 1.52. The van der Waals surface area contributed by atoms with Crippen LogP contribution in [-0.4, -0.2) is 38.0 Å². The fraction of sp³-hybridized carbons (Fsp3) is 0.400. The molecule has 2 rings (SSSR count). The number of aryl methyl sites for hydroxylation is 2. The highest BCUT2D eigenvalue weighted by Gasteiger charge is 2.17. The van der Waals surface area contributed by atoms with E-state index in [9.17, 15) is 4.79 Å². The van der Waals surface area contributed by atoms with Crippen molar-refractivity contribution in [3.05, 3.63) is 17.3 Å². The first-order valence-corrected chi connectivity index (χ1v) is 6.28. The van der Waals surface area contributed by atoms with E-state index in [0.29, 0.717) is 5.16 Å². The molecule has 0 N–H and O–H groups in total. The van der Waals surface area contributed by atoms with Gasteiger partial charge in [0.15, 0.2) is 0 Å². The third-order valence-electron chi connectivity index (χ3n) is 2.11. The van der Waals surface area contributed by atoms with E-state index >= 15 is 0 Å². The Balaban J connectivity index is 2.11. The minimum absolute atomic E-state index is 0.160. The molecule has 0 unspecified atom stereocenters. The molecule has 9 heteroatoms. The fourth-order valence-corrected chi connectivity index (χ4v) is 1.71. The molecular formula is C10H11N5O3S. The molecular weight excluding hydrogens is 270 g/mol. The molecule has 0 radical (unpaired) electrons. The first-order valence-electron chi connectivity index (χ1n) is 5.46. The SMILES string of the molecule is CCOC(=O)c1nnc(Sc2nnc(C)c(C)n2)o1. The van der Waals surface area contributed by atoms with Crippen LogP contribution in [0.1, 0.15) is 29.0 Å². The van der Waals surface area contributed by atoms with Crippen molar-refractivity contribution < 1.29 is 13.9 Å². The predicted molar refractivity (Wildman–Crippen MR) is 63.7 cm³/mol. The highest BCUT2D eigenvalue weighted by Crippen LogP contribution is 2.23. The van der Waals surface area contributed by atoms with E-state index in [1.807, 2.05) is 13.8 Å². The van der Waals surface area contributed by atoms with Gasteiger partial charge in [0.1, 0.15) is 0 Å². The van der Waals surface area contributed by atoms with E-state index < -0.39 is 5.97 Å². The summed E-state index contributed by atoms with van der Waals surface area (Å²) >= 11 is 1.03. The number of carbonyl (C=O) groups excluding carboxylic acids is 1. The Morgan fingerprint density at radius 1 is 1.21 bits per heavy atom. The van der Waals surface area contributed by atoms with E-state index in [4.69, 9.17) is 9.15 Å². The van der Waals surface area contributed by atoms with E-state index in [1.165, 1.54) is 0 Å². The lowest BCUT2D eigenvalue weighted by atomic mass is 10.4. The molecule has 8 nitrogen and oxygen atoms in total. The number of nitrogens with zero attached hydrogens (tertiary/aromatic N) is 5. The lowest BCUT2D eigenvalue weighted by Gasteiger charge is -1.98. The summed E-state index contributed by atoms with van der Waals surface area (Å²) in [7, 11) is 0. The molecule has 0 aliphatic heterocycles. The van der Waals surface area contributed by atoms with E-state index in [1.54, 1.807) is 6.92 Å². The largest absolute Gasteiger partial charge is 0.459 e. The van der Waals surface area contributed by atoms with Gasteiger partial charge in [0.05, 0.1) is 18.0 Å². The van der Waals surface area contributed by atoms with Crippen LogP contribution in [0, 0.1) is 13.8 Å². The van der Waals surface area contributed by atoms with Crippen molar-refractivity contribution in [2.75, 3.05) is 6.61 Å². The van der Waals surface area contributed by atoms with Crippen molar-refractivity contribution in [3.63, 3.8) is 0 Å². The number of hydrogen-bond acceptors (Lipinski definition) is 9. The Kier molecular flexibility index (Phi) is 4.05. The van der Waals surface area contributed by atoms with Crippen molar-refractivity contribution >= 4 is 17.7 Å². The molecule has 0 aliphatic rings. The van der Waals surface area contributed by atoms with E-state index in [2.05, 4.69) is 25.4 Å². The molecule has 0 amide bonds. The molecule has 2 heterocycles. The van der Waals surface area contributed by atoms with Crippen LogP contribution in [-0.2, 0) is 4.74 Å². The van der Waals surface area contributed by atoms with Gasteiger partial charge < -0.3 is 9.15 Å². The molecule has 0 spiro atoms. The molecule has 0 fully saturated rings. The Labute approximate surface area is 113 Å². The number of aromatic nitrogens is 5. The Morgan fingerprint density at radius 2 is 2.00 bits per heavy atom. The third-order valence-corrected chi connectivity index (χ3v) is 2.80. The highest BCUT2D eigenvalue weighted by atomic mass is 32.2. The third kappa shape index (κ3) is 3.25. The van der Waals surface area contributed by atoms with Crippen LogP contribution in [0.5, 0.6) is 0 Å². The van der Waals surface area contributed by atoms with E-state index in [0.717, 1.165) is 23.1 Å². The zero-order chi connectivity index (χ0) is 13.8. The summed E-state index contributed by atoms with van der Waals surface area (Å²) in [6.45, 7) is 5.58. The molecule has 2 aromatic heterocycles. The molecule has 0 atom stereocenters. The van der Waals surface area contributed by atoms with Crippen molar-refractivity contribution in [2.45, 2.75) is 31.2 Å². The molecule has 19 heavy (non-hydrogen) atoms. The first kappa shape index (κ1) is 13.4. The summed E-state index contributed by atoms with van der Waals surface area (Å²) < 4.78 is 9.87. The monoisotopic (exact) mass is 281 g/mol. The van der Waals surface area contributed by atoms with E-state index in [-0.39, 0.29) is 17.7 Å². The number of ether oxygens (including phenoxy) is 1. The second-order valence-electron chi connectivity index (χ2n) is 3.46. The van der Waals surface area contributed by atoms with Gasteiger partial charge in [-0.1, -0.05) is 5.10 Å². The van der Waals surface area contributed by atoms with Gasteiger partial charge in [0, 0.05) is 11.8 Å². The fourth-order valence-electron chi connectivity index (χ4n) is 1.08. The van der Waals surface area contributed by atoms with Gasteiger partial charge in [-0.25, -0.2) is 9.78 Å². The average molecular weight is 281 g/mol. The Bertz CT molecular complexity index is 601. The van der Waals surface area contributed by atoms with Gasteiger partial charge in [0.2, 0.25) is 5.16 Å². The van der Waals surface area contributed by atoms with Crippen molar-refractivity contribution in [1.82, 2.24) is 25.4 Å². The molecule has 0 bridgehead atoms. The maximum atomic E-state index is 11.3. The first-order chi connectivity index (χ1) is 9.10. The van der Waals surface area contributed by atoms with Gasteiger partial charge >= 0.3 is 11.9 Å². The topological polar surface area (TPSA) is 104 Å². The number of hydrogen-bond donors (Lipinski definition) is 0. The van der Waals surface area contributed by atoms with Crippen LogP contribution in [0.4, 0.5) is 0 Å². The molecule has 2 aromatic rings. The van der Waals surface area contributed by atoms with Crippen LogP contribution in [0.2, 0.25) is 0 Å². The molecule has 0 aliphatic carbocycles. The van der Waals surface area contributed by atoms with Gasteiger partial charge in [0.25, 0.3) is 5.22 Å². The van der Waals surface area contributed by atoms with Crippen LogP contribution in [0.3, 0.4) is 0 Å². The van der Waals surface area contributed by atoms with Crippen molar-refractivity contribution in [2.24, 2.45) is 0 Å². The van der Waals surface area contributed by atoms with Crippen molar-refractivity contribution in [3.8, 4) is 0 Å².